The van der Waals surface area contributed by atoms with Crippen molar-refractivity contribution in [3.8, 4) is 11.3 Å². The lowest BCUT2D eigenvalue weighted by atomic mass is 10.1. The molecule has 3 nitrogen and oxygen atoms in total. The number of fused-ring (bicyclic) bond motifs is 1. The third-order valence-electron chi connectivity index (χ3n) is 2.77. The predicted molar refractivity (Wildman–Crippen MR) is 66.0 cm³/mol. The van der Waals surface area contributed by atoms with Crippen LogP contribution in [-0.2, 0) is 0 Å². The Labute approximate surface area is 98.4 Å². The second-order valence-electron chi connectivity index (χ2n) is 3.80. The van der Waals surface area contributed by atoms with Gasteiger partial charge in [-0.1, -0.05) is 6.07 Å². The number of carbonyl (C=O) groups is 1. The minimum Gasteiger partial charge on any atom is -0.316 e. The van der Waals surface area contributed by atoms with Crippen LogP contribution in [0.5, 0.6) is 0 Å². The largest absolute Gasteiger partial charge is 0.316 e. The van der Waals surface area contributed by atoms with Gasteiger partial charge in [-0.3, -0.25) is 9.78 Å². The molecule has 0 fully saturated rings. The van der Waals surface area contributed by atoms with Crippen molar-refractivity contribution in [1.29, 1.82) is 0 Å². The summed E-state index contributed by atoms with van der Waals surface area (Å²) in [4.78, 5) is 15.2. The Morgan fingerprint density at radius 2 is 2.12 bits per heavy atom. The highest BCUT2D eigenvalue weighted by Gasteiger charge is 2.10. The topological polar surface area (TPSA) is 34.4 Å². The predicted octanol–water partition coefficient (Wildman–Crippen LogP) is 2.81. The Morgan fingerprint density at radius 1 is 1.18 bits per heavy atom. The molecule has 0 amide bonds. The molecule has 17 heavy (non-hydrogen) atoms. The third kappa shape index (κ3) is 1.52. The average Bonchev–Trinajstić information content (AvgIpc) is 2.78. The lowest BCUT2D eigenvalue weighted by molar-refractivity contribution is 0.112. The van der Waals surface area contributed by atoms with Crippen LogP contribution in [0.15, 0.2) is 55.0 Å². The first-order valence-electron chi connectivity index (χ1n) is 5.36. The number of carbonyl (C=O) groups excluding carboxylic acids is 1. The Morgan fingerprint density at radius 3 is 2.88 bits per heavy atom. The van der Waals surface area contributed by atoms with Crippen LogP contribution in [0.1, 0.15) is 10.4 Å². The molecule has 0 N–H and O–H groups in total. The van der Waals surface area contributed by atoms with Gasteiger partial charge in [0, 0.05) is 35.2 Å². The fraction of sp³-hybridized carbons (Fsp3) is 0. The zero-order valence-corrected chi connectivity index (χ0v) is 9.08. The second kappa shape index (κ2) is 3.87. The quantitative estimate of drug-likeness (QED) is 0.625. The summed E-state index contributed by atoms with van der Waals surface area (Å²) in [6, 6.07) is 11.6. The van der Waals surface area contributed by atoms with E-state index in [1.807, 2.05) is 47.0 Å². The van der Waals surface area contributed by atoms with Gasteiger partial charge in [0.1, 0.15) is 0 Å². The van der Waals surface area contributed by atoms with Gasteiger partial charge in [-0.05, 0) is 30.3 Å². The second-order valence-corrected chi connectivity index (χ2v) is 3.80. The van der Waals surface area contributed by atoms with Crippen LogP contribution in [0.4, 0.5) is 0 Å². The molecule has 0 radical (unpaired) electrons. The fourth-order valence-electron chi connectivity index (χ4n) is 2.04. The summed E-state index contributed by atoms with van der Waals surface area (Å²) >= 11 is 0. The molecule has 0 spiro atoms. The van der Waals surface area contributed by atoms with Crippen LogP contribution in [-0.4, -0.2) is 15.7 Å². The molecular weight excluding hydrogens is 212 g/mol. The lowest BCUT2D eigenvalue weighted by Gasteiger charge is -2.03. The number of aromatic nitrogens is 2. The summed E-state index contributed by atoms with van der Waals surface area (Å²) < 4.78 is 2.00. The van der Waals surface area contributed by atoms with Crippen molar-refractivity contribution in [2.75, 3.05) is 0 Å². The van der Waals surface area contributed by atoms with Crippen molar-refractivity contribution in [3.05, 3.63) is 60.6 Å². The van der Waals surface area contributed by atoms with Gasteiger partial charge < -0.3 is 4.40 Å². The van der Waals surface area contributed by atoms with Crippen LogP contribution in [0.3, 0.4) is 0 Å². The number of nitrogens with zero attached hydrogens (tertiary/aromatic N) is 2. The summed E-state index contributed by atoms with van der Waals surface area (Å²) in [5, 5.41) is 0. The van der Waals surface area contributed by atoms with Gasteiger partial charge in [0.25, 0.3) is 0 Å². The lowest BCUT2D eigenvalue weighted by Crippen LogP contribution is -1.90. The van der Waals surface area contributed by atoms with E-state index in [1.54, 1.807) is 12.4 Å². The van der Waals surface area contributed by atoms with Gasteiger partial charge in [-0.25, -0.2) is 0 Å². The molecule has 0 unspecified atom stereocenters. The normalized spacial score (nSPS) is 10.6. The zero-order valence-electron chi connectivity index (χ0n) is 9.08. The molecule has 0 saturated carbocycles. The Bertz CT molecular complexity index is 671. The molecule has 0 saturated heterocycles. The molecule has 3 aromatic heterocycles. The van der Waals surface area contributed by atoms with Crippen molar-refractivity contribution < 1.29 is 4.79 Å². The molecule has 0 aliphatic rings. The molecule has 3 rings (SSSR count). The standard InChI is InChI=1S/C14H10N2O/c17-10-12-8-13-5-1-2-7-16(13)14(12)11-4-3-6-15-9-11/h1-10H. The monoisotopic (exact) mass is 222 g/mol. The number of hydrogen-bond acceptors (Lipinski definition) is 2. The first-order valence-corrected chi connectivity index (χ1v) is 5.36. The third-order valence-corrected chi connectivity index (χ3v) is 2.77. The maximum absolute atomic E-state index is 11.1. The SMILES string of the molecule is O=Cc1cc2ccccn2c1-c1cccnc1. The van der Waals surface area contributed by atoms with Crippen molar-refractivity contribution >= 4 is 11.8 Å². The van der Waals surface area contributed by atoms with Crippen LogP contribution < -0.4 is 0 Å². The van der Waals surface area contributed by atoms with Crippen molar-refractivity contribution in [1.82, 2.24) is 9.38 Å². The highest BCUT2D eigenvalue weighted by Crippen LogP contribution is 2.25. The van der Waals surface area contributed by atoms with Crippen LogP contribution in [0.25, 0.3) is 16.8 Å². The summed E-state index contributed by atoms with van der Waals surface area (Å²) in [6.07, 6.45) is 6.32. The molecule has 0 bridgehead atoms. The minimum absolute atomic E-state index is 0.684. The maximum atomic E-state index is 11.1. The van der Waals surface area contributed by atoms with Crippen molar-refractivity contribution in [2.45, 2.75) is 0 Å². The van der Waals surface area contributed by atoms with E-state index in [4.69, 9.17) is 0 Å². The van der Waals surface area contributed by atoms with Crippen molar-refractivity contribution in [2.24, 2.45) is 0 Å². The number of pyridine rings is 2. The van der Waals surface area contributed by atoms with E-state index in [-0.39, 0.29) is 0 Å². The highest BCUT2D eigenvalue weighted by atomic mass is 16.1. The van der Waals surface area contributed by atoms with E-state index in [1.165, 1.54) is 0 Å². The molecule has 0 aromatic carbocycles. The highest BCUT2D eigenvalue weighted by molar-refractivity contribution is 5.89. The summed E-state index contributed by atoms with van der Waals surface area (Å²) in [5.74, 6) is 0. The molecule has 0 aliphatic heterocycles. The van der Waals surface area contributed by atoms with E-state index in [0.29, 0.717) is 5.56 Å². The molecule has 3 aromatic rings. The van der Waals surface area contributed by atoms with Crippen LogP contribution in [0.2, 0.25) is 0 Å². The van der Waals surface area contributed by atoms with E-state index >= 15 is 0 Å². The number of aldehydes is 1. The smallest absolute Gasteiger partial charge is 0.152 e. The molecule has 3 heteroatoms. The maximum Gasteiger partial charge on any atom is 0.152 e. The molecule has 3 heterocycles. The first kappa shape index (κ1) is 9.78. The van der Waals surface area contributed by atoms with Crippen LogP contribution in [0, 0.1) is 0 Å². The van der Waals surface area contributed by atoms with Gasteiger partial charge in [0.2, 0.25) is 0 Å². The number of rotatable bonds is 2. The van der Waals surface area contributed by atoms with E-state index in [2.05, 4.69) is 4.98 Å². The minimum atomic E-state index is 0.684. The summed E-state index contributed by atoms with van der Waals surface area (Å²) in [6.45, 7) is 0. The first-order chi connectivity index (χ1) is 8.40. The van der Waals surface area contributed by atoms with Gasteiger partial charge in [-0.2, -0.15) is 0 Å². The van der Waals surface area contributed by atoms with Crippen molar-refractivity contribution in [3.63, 3.8) is 0 Å². The molecular formula is C14H10N2O. The van der Waals surface area contributed by atoms with Gasteiger partial charge in [0.05, 0.1) is 5.69 Å². The van der Waals surface area contributed by atoms with E-state index in [9.17, 15) is 4.79 Å². The summed E-state index contributed by atoms with van der Waals surface area (Å²) in [7, 11) is 0. The Kier molecular flexibility index (Phi) is 2.22. The van der Waals surface area contributed by atoms with Crippen LogP contribution >= 0.6 is 0 Å². The molecule has 0 aliphatic carbocycles. The summed E-state index contributed by atoms with van der Waals surface area (Å²) in [5.41, 5.74) is 3.53. The average molecular weight is 222 g/mol. The van der Waals surface area contributed by atoms with Gasteiger partial charge in [0.15, 0.2) is 6.29 Å². The fourth-order valence-corrected chi connectivity index (χ4v) is 2.04. The van der Waals surface area contributed by atoms with E-state index < -0.39 is 0 Å². The molecule has 0 atom stereocenters. The number of hydrogen-bond donors (Lipinski definition) is 0. The Hall–Kier alpha value is -2.42. The van der Waals surface area contributed by atoms with Gasteiger partial charge >= 0.3 is 0 Å². The molecule has 82 valence electrons. The Balaban J connectivity index is 2.38. The zero-order chi connectivity index (χ0) is 11.7. The van der Waals surface area contributed by atoms with E-state index in [0.717, 1.165) is 23.1 Å². The van der Waals surface area contributed by atoms with Gasteiger partial charge in [-0.15, -0.1) is 0 Å².